The highest BCUT2D eigenvalue weighted by atomic mass is 16.4. The number of aromatic nitrogens is 3. The van der Waals surface area contributed by atoms with Crippen LogP contribution in [0.5, 0.6) is 0 Å². The first kappa shape index (κ1) is 149. The van der Waals surface area contributed by atoms with Crippen LogP contribution in [-0.4, -0.2) is 112 Å². The maximum Gasteiger partial charge on any atom is 0.341 e. The van der Waals surface area contributed by atoms with Gasteiger partial charge in [-0.3, -0.25) is 33.8 Å². The number of hydrogen-bond donors (Lipinski definition) is 7. The van der Waals surface area contributed by atoms with Gasteiger partial charge in [-0.05, 0) is 166 Å². The van der Waals surface area contributed by atoms with Crippen molar-refractivity contribution in [1.82, 2.24) is 18.6 Å². The van der Waals surface area contributed by atoms with Crippen LogP contribution in [0, 0.1) is 34.6 Å². The zero-order valence-electron chi connectivity index (χ0n) is 80.3. The Kier molecular flexibility index (Phi) is 106. The summed E-state index contributed by atoms with van der Waals surface area (Å²) in [4.78, 5) is 98.0. The van der Waals surface area contributed by atoms with Gasteiger partial charge in [0.1, 0.15) is 24.8 Å². The van der Waals surface area contributed by atoms with Crippen LogP contribution < -0.4 is 22.0 Å². The Bertz CT molecular complexity index is 4330. The fourth-order valence-corrected chi connectivity index (χ4v) is 12.2. The number of carboxylic acid groups (broad SMARTS) is 2. The van der Waals surface area contributed by atoms with E-state index in [-0.39, 0.29) is 129 Å². The smallest absolute Gasteiger partial charge is 0.341 e. The molecule has 0 bridgehead atoms. The number of benzene rings is 5. The van der Waals surface area contributed by atoms with Crippen LogP contribution in [0.15, 0.2) is 147 Å². The summed E-state index contributed by atoms with van der Waals surface area (Å²) < 4.78 is 5.24. The SMILES string of the molecule is C.C.C.C.C.C.C.C.C/C=C/N(C)C.C1CCCCC1.C1CCCCC1.C1CCCCC1.CC.CC.CC.CC.CC.CC(=O)C(C=NCO)=C(O)c1cc(C)ccc1C.CCC.CCc1ccc2c(c1)c(=O)c(C(=O)O)cn2CO.CCc1ccc2c(c1)c(=O)c(C(C)=O)cn2CC.CCn1cc(C(C)=O)c(=O)c2cc(C)ccc21.Cc1ccc(C)c(C(=O)O)c1.NCO. The second-order valence-electron chi connectivity index (χ2n) is 28.1. The molecule has 0 spiro atoms. The van der Waals surface area contributed by atoms with E-state index in [0.717, 1.165) is 75.9 Å². The maximum absolute atomic E-state index is 12.3. The van der Waals surface area contributed by atoms with Gasteiger partial charge in [0, 0.05) is 73.7 Å². The van der Waals surface area contributed by atoms with Crippen molar-refractivity contribution in [1.29, 1.82) is 0 Å². The zero-order chi connectivity index (χ0) is 94.4. The number of fused-ring (bicyclic) bond motifs is 3. The van der Waals surface area contributed by atoms with Gasteiger partial charge in [0.2, 0.25) is 5.43 Å². The predicted octanol–water partition coefficient (Wildman–Crippen LogP) is 29.3. The molecule has 0 atom stereocenters. The van der Waals surface area contributed by atoms with E-state index < -0.39 is 24.1 Å². The third kappa shape index (κ3) is 58.8. The van der Waals surface area contributed by atoms with Crippen molar-refractivity contribution in [3.8, 4) is 0 Å². The fraction of sp³-hybridized carbons (Fsp3) is 0.555. The number of carboxylic acids is 2. The minimum atomic E-state index is -1.29. The number of pyridine rings is 3. The molecule has 748 valence electrons. The number of aromatic carboxylic acids is 2. The van der Waals surface area contributed by atoms with E-state index in [4.69, 9.17) is 20.4 Å². The van der Waals surface area contributed by atoms with Crippen LogP contribution in [0.25, 0.3) is 38.5 Å². The van der Waals surface area contributed by atoms with Gasteiger partial charge < -0.3 is 55.0 Å². The molecule has 3 aliphatic rings. The Hall–Kier alpha value is -9.73. The number of nitrogens with two attached hydrogens (primary N) is 1. The Labute approximate surface area is 793 Å². The summed E-state index contributed by atoms with van der Waals surface area (Å²) in [5, 5.41) is 54.6. The molecule has 3 aliphatic carbocycles. The number of Topliss-reactive ketones (excluding diaryl/α,β-unsaturated/α-hetero) is 3. The number of rotatable bonds is 14. The van der Waals surface area contributed by atoms with E-state index in [1.807, 2.05) is 239 Å². The Balaban J connectivity index is -0.000000107. The van der Waals surface area contributed by atoms with Crippen molar-refractivity contribution < 1.29 is 54.6 Å². The molecular formula is C110H194N6O14. The minimum Gasteiger partial charge on any atom is -0.506 e. The molecule has 3 aromatic heterocycles. The van der Waals surface area contributed by atoms with E-state index in [1.54, 1.807) is 43.6 Å². The number of aliphatic imine (C=N–C) groups is 1. The summed E-state index contributed by atoms with van der Waals surface area (Å²) in [6.45, 7) is 48.3. The molecule has 0 aliphatic heterocycles. The molecule has 8 aromatic rings. The molecule has 3 fully saturated rings. The molecule has 8 N–H and O–H groups in total. The average molecular weight is 1820 g/mol. The Morgan fingerprint density at radius 1 is 0.408 bits per heavy atom. The van der Waals surface area contributed by atoms with Gasteiger partial charge in [0.15, 0.2) is 28.2 Å². The monoisotopic (exact) mass is 1820 g/mol. The average Bonchev–Trinajstić information content (AvgIpc) is 0.791. The number of ketones is 3. The summed E-state index contributed by atoms with van der Waals surface area (Å²) in [5.41, 5.74) is 13.9. The molecule has 5 aromatic carbocycles. The van der Waals surface area contributed by atoms with Gasteiger partial charge in [0.25, 0.3) is 0 Å². The number of aliphatic hydroxyl groups is 4. The topological polar surface area (TPSA) is 314 Å². The summed E-state index contributed by atoms with van der Waals surface area (Å²) in [7, 11) is 4.00. The normalized spacial score (nSPS) is 11.3. The lowest BCUT2D eigenvalue weighted by atomic mass is 10.00. The van der Waals surface area contributed by atoms with Gasteiger partial charge in [-0.1, -0.05) is 344 Å². The summed E-state index contributed by atoms with van der Waals surface area (Å²) >= 11 is 0. The third-order valence-corrected chi connectivity index (χ3v) is 18.3. The number of aliphatic hydroxyl groups excluding tert-OH is 4. The van der Waals surface area contributed by atoms with Crippen LogP contribution in [0.1, 0.15) is 406 Å². The zero-order valence-corrected chi connectivity index (χ0v) is 80.3. The molecule has 3 heterocycles. The van der Waals surface area contributed by atoms with Crippen molar-refractivity contribution in [3.63, 3.8) is 0 Å². The number of carbonyl (C=O) groups excluding carboxylic acids is 3. The molecule has 0 radical (unpaired) electrons. The van der Waals surface area contributed by atoms with Crippen molar-refractivity contribution in [2.24, 2.45) is 10.7 Å². The van der Waals surface area contributed by atoms with E-state index in [9.17, 15) is 48.6 Å². The highest BCUT2D eigenvalue weighted by molar-refractivity contribution is 6.17. The number of hydrogen-bond acceptors (Lipinski definition) is 15. The quantitative estimate of drug-likeness (QED) is 0.0175. The van der Waals surface area contributed by atoms with Crippen molar-refractivity contribution >= 4 is 74.0 Å². The van der Waals surface area contributed by atoms with Gasteiger partial charge in [0.05, 0.1) is 45.5 Å². The summed E-state index contributed by atoms with van der Waals surface area (Å²) in [6.07, 6.45) is 39.6. The van der Waals surface area contributed by atoms with Crippen molar-refractivity contribution in [2.75, 3.05) is 27.6 Å². The second-order valence-corrected chi connectivity index (χ2v) is 28.1. The molecule has 0 amide bonds. The van der Waals surface area contributed by atoms with Gasteiger partial charge in [-0.15, -0.1) is 0 Å². The minimum absolute atomic E-state index is 0. The lowest BCUT2D eigenvalue weighted by Gasteiger charge is -2.11. The first-order chi connectivity index (χ1) is 58.4. The molecule has 0 unspecified atom stereocenters. The van der Waals surface area contributed by atoms with Gasteiger partial charge >= 0.3 is 11.9 Å². The Morgan fingerprint density at radius 3 is 0.931 bits per heavy atom. The van der Waals surface area contributed by atoms with E-state index in [0.29, 0.717) is 32.8 Å². The van der Waals surface area contributed by atoms with Crippen LogP contribution in [0.3, 0.4) is 0 Å². The highest BCUT2D eigenvalue weighted by Crippen LogP contribution is 2.24. The highest BCUT2D eigenvalue weighted by Gasteiger charge is 2.18. The lowest BCUT2D eigenvalue weighted by Crippen LogP contribution is -2.19. The first-order valence-electron chi connectivity index (χ1n) is 44.7. The molecule has 11 rings (SSSR count). The number of allylic oxidation sites excluding steroid dienone is 2. The van der Waals surface area contributed by atoms with E-state index in [2.05, 4.69) is 24.6 Å². The van der Waals surface area contributed by atoms with Crippen LogP contribution in [0.2, 0.25) is 0 Å². The number of nitrogens with zero attached hydrogens (tertiary/aromatic N) is 5. The third-order valence-electron chi connectivity index (χ3n) is 18.3. The van der Waals surface area contributed by atoms with Gasteiger partial charge in [-0.2, -0.15) is 0 Å². The van der Waals surface area contributed by atoms with Crippen molar-refractivity contribution in [2.45, 2.75) is 387 Å². The first-order valence-corrected chi connectivity index (χ1v) is 44.7. The molecule has 20 nitrogen and oxygen atoms in total. The van der Waals surface area contributed by atoms with Crippen LogP contribution in [-0.2, 0) is 37.5 Å². The molecule has 20 heteroatoms. The summed E-state index contributed by atoms with van der Waals surface area (Å²) in [5.74, 6) is -2.91. The predicted molar refractivity (Wildman–Crippen MR) is 573 cm³/mol. The number of aryl methyl sites for hydroxylation is 9. The molecule has 130 heavy (non-hydrogen) atoms. The van der Waals surface area contributed by atoms with Crippen molar-refractivity contribution in [3.05, 3.63) is 225 Å². The van der Waals surface area contributed by atoms with E-state index >= 15 is 0 Å². The van der Waals surface area contributed by atoms with Crippen LogP contribution in [0.4, 0.5) is 0 Å². The fourth-order valence-electron chi connectivity index (χ4n) is 12.2. The molecule has 3 saturated carbocycles. The lowest BCUT2D eigenvalue weighted by molar-refractivity contribution is -0.113. The number of carbonyl (C=O) groups is 5. The largest absolute Gasteiger partial charge is 0.506 e. The molecular weight excluding hydrogens is 1630 g/mol. The second kappa shape index (κ2) is 92.5. The van der Waals surface area contributed by atoms with Gasteiger partial charge in [-0.25, -0.2) is 9.59 Å². The maximum atomic E-state index is 12.3. The molecule has 0 saturated heterocycles. The van der Waals surface area contributed by atoms with E-state index in [1.165, 1.54) is 160 Å². The Morgan fingerprint density at radius 2 is 0.677 bits per heavy atom. The summed E-state index contributed by atoms with van der Waals surface area (Å²) in [6, 6.07) is 27.9. The standard InChI is InChI=1S/C15H17NO2.C14H17NO3.C14H15NO2.C13H13NO4.C9H10O2.3C6H12.C5H11N.C3H8.5C2H6.CH5NO.8CH4/c1-4-11-6-7-14-12(8-11)15(18)13(10(3)17)9-16(14)5-2;1-9-4-5-10(2)12(6-9)14(18)13(11(3)17)7-15-8-16;1-4-15-8-12(10(3)16)14(17)11-7-9(2)5-6-13(11)15;1-2-8-3-4-11-9(5-8)12(16)10(13(17)18)6-14(11)7-15;1-6-3-4-7(2)8(5-6)9(10)11;3*1-2-4-6-5-3-1;1-4-5-6(2)3;1-3-2;5*1-2;2-1-3;;;;;;;;/h6-9H,4-5H2,1-3H3;4-7,16,18H,8H2,1-3H3;5-8H,4H2,1-3H3;3-6,15H,2,7H2,1H3,(H,17,18);3-5H,1-2H3,(H,10,11);3*1-6H2;4-5H,1-3H3;3H2,1-2H3;5*1-2H3;3H,1-2H2;8*1H4/b;;;;;;;;5-4+;;;;;;;;;;;;;;;. The van der Waals surface area contributed by atoms with Crippen LogP contribution >= 0.6 is 0 Å².